The highest BCUT2D eigenvalue weighted by Crippen LogP contribution is 2.25. The smallest absolute Gasteiger partial charge is 0.291 e. The van der Waals surface area contributed by atoms with E-state index in [4.69, 9.17) is 23.2 Å². The molecule has 1 aromatic carbocycles. The molecule has 0 unspecified atom stereocenters. The van der Waals surface area contributed by atoms with E-state index in [9.17, 15) is 20.0 Å². The van der Waals surface area contributed by atoms with Gasteiger partial charge in [0.25, 0.3) is 5.69 Å². The lowest BCUT2D eigenvalue weighted by Crippen LogP contribution is -2.09. The second-order valence-electron chi connectivity index (χ2n) is 4.31. The molecule has 0 saturated carbocycles. The van der Waals surface area contributed by atoms with Crippen LogP contribution in [0, 0.1) is 10.1 Å². The van der Waals surface area contributed by atoms with Crippen molar-refractivity contribution in [3.05, 3.63) is 62.3 Å². The summed E-state index contributed by atoms with van der Waals surface area (Å²) >= 11 is 11.7. The summed E-state index contributed by atoms with van der Waals surface area (Å²) in [5.41, 5.74) is 0.191. The van der Waals surface area contributed by atoms with Crippen LogP contribution in [0.5, 0.6) is 5.75 Å². The van der Waals surface area contributed by atoms with E-state index >= 15 is 0 Å². The van der Waals surface area contributed by atoms with Gasteiger partial charge in [-0.15, -0.1) is 0 Å². The third kappa shape index (κ3) is 4.41. The minimum atomic E-state index is -0.708. The molecule has 9 heteroatoms. The monoisotopic (exact) mass is 353 g/mol. The third-order valence-corrected chi connectivity index (χ3v) is 3.24. The summed E-state index contributed by atoms with van der Waals surface area (Å²) in [4.78, 5) is 25.2. The molecule has 2 aromatic rings. The third-order valence-electron chi connectivity index (χ3n) is 2.68. The molecule has 0 atom stereocenters. The van der Waals surface area contributed by atoms with Crippen molar-refractivity contribution < 1.29 is 14.8 Å². The predicted molar refractivity (Wildman–Crippen MR) is 86.7 cm³/mol. The number of aromatic nitrogens is 1. The summed E-state index contributed by atoms with van der Waals surface area (Å²) < 4.78 is 0. The number of nitrogens with one attached hydrogen (secondary N) is 1. The molecular weight excluding hydrogens is 345 g/mol. The van der Waals surface area contributed by atoms with E-state index in [-0.39, 0.29) is 11.5 Å². The molecule has 2 N–H and O–H groups in total. The van der Waals surface area contributed by atoms with Crippen LogP contribution in [0.3, 0.4) is 0 Å². The number of anilines is 1. The zero-order valence-corrected chi connectivity index (χ0v) is 12.9. The minimum Gasteiger partial charge on any atom is -0.504 e. The Hall–Kier alpha value is -2.64. The standard InChI is InChI=1S/C14H9Cl2N3O4/c15-9-3-1-8(11(16)5-9)2-4-13(21)18-14-12(20)6-10(7-17-14)19(22)23/h1-7,20H,(H,17,18,21)/b4-2+. The predicted octanol–water partition coefficient (Wildman–Crippen LogP) is 3.65. The van der Waals surface area contributed by atoms with Crippen LogP contribution < -0.4 is 5.32 Å². The number of carbonyl (C=O) groups is 1. The Morgan fingerprint density at radius 2 is 2.09 bits per heavy atom. The van der Waals surface area contributed by atoms with Gasteiger partial charge in [0, 0.05) is 16.1 Å². The first kappa shape index (κ1) is 16.7. The number of hydrogen-bond acceptors (Lipinski definition) is 5. The number of carbonyl (C=O) groups excluding carboxylic acids is 1. The van der Waals surface area contributed by atoms with Gasteiger partial charge in [-0.1, -0.05) is 29.3 Å². The van der Waals surface area contributed by atoms with Crippen molar-refractivity contribution in [2.45, 2.75) is 0 Å². The van der Waals surface area contributed by atoms with Crippen molar-refractivity contribution in [3.8, 4) is 5.75 Å². The average molecular weight is 354 g/mol. The molecule has 23 heavy (non-hydrogen) atoms. The molecule has 118 valence electrons. The Labute approximate surface area is 140 Å². The number of nitrogens with zero attached hydrogens (tertiary/aromatic N) is 2. The van der Waals surface area contributed by atoms with Crippen LogP contribution in [-0.4, -0.2) is 20.9 Å². The molecular formula is C14H9Cl2N3O4. The maximum atomic E-state index is 11.8. The van der Waals surface area contributed by atoms with Gasteiger partial charge in [-0.25, -0.2) is 4.98 Å². The fraction of sp³-hybridized carbons (Fsp3) is 0. The molecule has 0 fully saturated rings. The summed E-state index contributed by atoms with van der Waals surface area (Å²) in [6, 6.07) is 5.68. The number of pyridine rings is 1. The number of halogens is 2. The maximum Gasteiger partial charge on any atom is 0.291 e. The van der Waals surface area contributed by atoms with E-state index in [1.54, 1.807) is 12.1 Å². The lowest BCUT2D eigenvalue weighted by Gasteiger charge is -2.03. The van der Waals surface area contributed by atoms with Crippen LogP contribution in [0.25, 0.3) is 6.08 Å². The topological polar surface area (TPSA) is 105 Å². The van der Waals surface area contributed by atoms with Gasteiger partial charge >= 0.3 is 0 Å². The van der Waals surface area contributed by atoms with Crippen LogP contribution in [0.1, 0.15) is 5.56 Å². The zero-order chi connectivity index (χ0) is 17.0. The second-order valence-corrected chi connectivity index (χ2v) is 5.15. The summed E-state index contributed by atoms with van der Waals surface area (Å²) in [5, 5.41) is 23.3. The number of nitro groups is 1. The molecule has 0 spiro atoms. The van der Waals surface area contributed by atoms with Gasteiger partial charge in [-0.3, -0.25) is 14.9 Å². The number of benzene rings is 1. The maximum absolute atomic E-state index is 11.8. The highest BCUT2D eigenvalue weighted by molar-refractivity contribution is 6.35. The van der Waals surface area contributed by atoms with Gasteiger partial charge in [-0.2, -0.15) is 0 Å². The lowest BCUT2D eigenvalue weighted by molar-refractivity contribution is -0.385. The van der Waals surface area contributed by atoms with Crippen LogP contribution in [0.4, 0.5) is 11.5 Å². The number of amides is 1. The van der Waals surface area contributed by atoms with Crippen molar-refractivity contribution >= 4 is 46.7 Å². The first-order valence-electron chi connectivity index (χ1n) is 6.14. The van der Waals surface area contributed by atoms with E-state index in [0.29, 0.717) is 15.6 Å². The number of rotatable bonds is 4. The summed E-state index contributed by atoms with van der Waals surface area (Å²) in [7, 11) is 0. The van der Waals surface area contributed by atoms with Crippen molar-refractivity contribution in [1.29, 1.82) is 0 Å². The highest BCUT2D eigenvalue weighted by Gasteiger charge is 2.12. The fourth-order valence-electron chi connectivity index (χ4n) is 1.60. The number of hydrogen-bond donors (Lipinski definition) is 2. The molecule has 0 saturated heterocycles. The minimum absolute atomic E-state index is 0.188. The largest absolute Gasteiger partial charge is 0.504 e. The summed E-state index contributed by atoms with van der Waals surface area (Å²) in [5.74, 6) is -1.29. The molecule has 2 rings (SSSR count). The molecule has 1 heterocycles. The van der Waals surface area contributed by atoms with Gasteiger partial charge in [-0.05, 0) is 23.8 Å². The molecule has 0 bridgehead atoms. The Morgan fingerprint density at radius 3 is 2.70 bits per heavy atom. The Morgan fingerprint density at radius 1 is 1.35 bits per heavy atom. The van der Waals surface area contributed by atoms with Crippen LogP contribution in [0.15, 0.2) is 36.5 Å². The van der Waals surface area contributed by atoms with E-state index in [1.807, 2.05) is 0 Å². The first-order chi connectivity index (χ1) is 10.9. The SMILES string of the molecule is O=C(/C=C/c1ccc(Cl)cc1Cl)Nc1ncc([N+](=O)[O-])cc1O. The number of aromatic hydroxyl groups is 1. The van der Waals surface area contributed by atoms with E-state index < -0.39 is 16.6 Å². The first-order valence-corrected chi connectivity index (χ1v) is 6.90. The van der Waals surface area contributed by atoms with Gasteiger partial charge in [0.05, 0.1) is 11.0 Å². The molecule has 1 amide bonds. The Balaban J connectivity index is 2.10. The molecule has 0 aliphatic carbocycles. The van der Waals surface area contributed by atoms with Gasteiger partial charge in [0.1, 0.15) is 6.20 Å². The fourth-order valence-corrected chi connectivity index (χ4v) is 2.07. The van der Waals surface area contributed by atoms with Crippen LogP contribution in [0.2, 0.25) is 10.0 Å². The highest BCUT2D eigenvalue weighted by atomic mass is 35.5. The average Bonchev–Trinajstić information content (AvgIpc) is 2.48. The molecule has 0 radical (unpaired) electrons. The lowest BCUT2D eigenvalue weighted by atomic mass is 10.2. The molecule has 7 nitrogen and oxygen atoms in total. The Kier molecular flexibility index (Phi) is 5.15. The second kappa shape index (κ2) is 7.08. The van der Waals surface area contributed by atoms with Gasteiger partial charge in [0.2, 0.25) is 5.91 Å². The van der Waals surface area contributed by atoms with E-state index in [1.165, 1.54) is 18.2 Å². The van der Waals surface area contributed by atoms with Crippen molar-refractivity contribution in [2.75, 3.05) is 5.32 Å². The van der Waals surface area contributed by atoms with Gasteiger partial charge in [0.15, 0.2) is 11.6 Å². The molecule has 0 aliphatic heterocycles. The zero-order valence-electron chi connectivity index (χ0n) is 11.4. The van der Waals surface area contributed by atoms with Crippen LogP contribution in [-0.2, 0) is 4.79 Å². The quantitative estimate of drug-likeness (QED) is 0.495. The van der Waals surface area contributed by atoms with Crippen molar-refractivity contribution in [3.63, 3.8) is 0 Å². The van der Waals surface area contributed by atoms with Crippen LogP contribution >= 0.6 is 23.2 Å². The summed E-state index contributed by atoms with van der Waals surface area (Å²) in [6.07, 6.45) is 3.56. The molecule has 0 aliphatic rings. The Bertz CT molecular complexity index is 809. The van der Waals surface area contributed by atoms with E-state index in [2.05, 4.69) is 10.3 Å². The van der Waals surface area contributed by atoms with Gasteiger partial charge < -0.3 is 10.4 Å². The van der Waals surface area contributed by atoms with E-state index in [0.717, 1.165) is 12.3 Å². The van der Waals surface area contributed by atoms with Crippen molar-refractivity contribution in [1.82, 2.24) is 4.98 Å². The van der Waals surface area contributed by atoms with Crippen molar-refractivity contribution in [2.24, 2.45) is 0 Å². The summed E-state index contributed by atoms with van der Waals surface area (Å²) in [6.45, 7) is 0. The normalized spacial score (nSPS) is 10.7. The molecule has 1 aromatic heterocycles.